The van der Waals surface area contributed by atoms with Crippen molar-refractivity contribution in [2.45, 2.75) is 42.8 Å². The van der Waals surface area contributed by atoms with Crippen LogP contribution in [0.1, 0.15) is 42.6 Å². The van der Waals surface area contributed by atoms with Gasteiger partial charge < -0.3 is 15.0 Å². The Balaban J connectivity index is 1.49. The summed E-state index contributed by atoms with van der Waals surface area (Å²) in [7, 11) is 1.64. The van der Waals surface area contributed by atoms with Crippen molar-refractivity contribution in [1.29, 1.82) is 0 Å². The van der Waals surface area contributed by atoms with Gasteiger partial charge in [-0.2, -0.15) is 0 Å². The first-order chi connectivity index (χ1) is 16.6. The molecule has 3 aromatic carbocycles. The molecule has 0 aliphatic carbocycles. The maximum absolute atomic E-state index is 13.3. The van der Waals surface area contributed by atoms with Crippen molar-refractivity contribution in [3.8, 4) is 5.75 Å². The molecule has 1 atom stereocenters. The standard InChI is InChI=1S/C28H30N2O3S/c1-3-4-7-20-10-14-22(15-11-20)29-27(31)19-30-24-8-5-6-9-25(24)34-26(18-28(30)32)21-12-16-23(33-2)17-13-21/h5-6,8-17,26H,3-4,7,18-19H2,1-2H3,(H,29,31). The van der Waals surface area contributed by atoms with Crippen LogP contribution < -0.4 is 15.0 Å². The molecule has 0 saturated heterocycles. The van der Waals surface area contributed by atoms with Crippen LogP contribution in [0.2, 0.25) is 0 Å². The van der Waals surface area contributed by atoms with Crippen LogP contribution in [-0.2, 0) is 16.0 Å². The van der Waals surface area contributed by atoms with Crippen molar-refractivity contribution in [2.24, 2.45) is 0 Å². The molecule has 0 fully saturated rings. The van der Waals surface area contributed by atoms with Gasteiger partial charge in [0.05, 0.1) is 12.8 Å². The Bertz CT molecular complexity index is 1130. The number of nitrogens with zero attached hydrogens (tertiary/aromatic N) is 1. The molecule has 3 aromatic rings. The van der Waals surface area contributed by atoms with Gasteiger partial charge in [-0.15, -0.1) is 11.8 Å². The second-order valence-corrected chi connectivity index (χ2v) is 9.62. The molecule has 6 heteroatoms. The third-order valence-corrected chi connectivity index (χ3v) is 7.25. The number of unbranched alkanes of at least 4 members (excludes halogenated alkanes) is 1. The highest BCUT2D eigenvalue weighted by Crippen LogP contribution is 2.45. The van der Waals surface area contributed by atoms with E-state index >= 15 is 0 Å². The van der Waals surface area contributed by atoms with E-state index < -0.39 is 0 Å². The molecule has 0 aromatic heterocycles. The molecule has 0 radical (unpaired) electrons. The zero-order valence-electron chi connectivity index (χ0n) is 19.6. The number of anilines is 2. The van der Waals surface area contributed by atoms with Crippen LogP contribution in [0.3, 0.4) is 0 Å². The van der Waals surface area contributed by atoms with Crippen molar-refractivity contribution in [2.75, 3.05) is 23.9 Å². The summed E-state index contributed by atoms with van der Waals surface area (Å²) in [6, 6.07) is 23.6. The van der Waals surface area contributed by atoms with Crippen LogP contribution in [0.5, 0.6) is 5.75 Å². The first kappa shape index (κ1) is 23.9. The van der Waals surface area contributed by atoms with Crippen LogP contribution in [0.4, 0.5) is 11.4 Å². The number of nitrogens with one attached hydrogen (secondary N) is 1. The summed E-state index contributed by atoms with van der Waals surface area (Å²) in [5.74, 6) is 0.506. The lowest BCUT2D eigenvalue weighted by Gasteiger charge is -2.22. The van der Waals surface area contributed by atoms with E-state index in [0.717, 1.165) is 46.8 Å². The molecular formula is C28H30N2O3S. The number of aryl methyl sites for hydroxylation is 1. The van der Waals surface area contributed by atoms with Crippen molar-refractivity contribution in [1.82, 2.24) is 0 Å². The first-order valence-corrected chi connectivity index (χ1v) is 12.5. The van der Waals surface area contributed by atoms with E-state index in [0.29, 0.717) is 6.42 Å². The fraction of sp³-hybridized carbons (Fsp3) is 0.286. The van der Waals surface area contributed by atoms with Crippen molar-refractivity contribution in [3.63, 3.8) is 0 Å². The first-order valence-electron chi connectivity index (χ1n) is 11.7. The Hall–Kier alpha value is -3.25. The van der Waals surface area contributed by atoms with Crippen LogP contribution >= 0.6 is 11.8 Å². The van der Waals surface area contributed by atoms with Gasteiger partial charge in [0.2, 0.25) is 11.8 Å². The van der Waals surface area contributed by atoms with Gasteiger partial charge in [0.1, 0.15) is 12.3 Å². The third-order valence-electron chi connectivity index (χ3n) is 5.93. The monoisotopic (exact) mass is 474 g/mol. The molecular weight excluding hydrogens is 444 g/mol. The van der Waals surface area contributed by atoms with Crippen LogP contribution in [-0.4, -0.2) is 25.5 Å². The average molecular weight is 475 g/mol. The zero-order valence-corrected chi connectivity index (χ0v) is 20.4. The topological polar surface area (TPSA) is 58.6 Å². The van der Waals surface area contributed by atoms with E-state index in [2.05, 4.69) is 12.2 Å². The molecule has 0 spiro atoms. The van der Waals surface area contributed by atoms with Gasteiger partial charge in [-0.1, -0.05) is 49.7 Å². The summed E-state index contributed by atoms with van der Waals surface area (Å²) in [4.78, 5) is 28.8. The minimum absolute atomic E-state index is 0.0245. The zero-order chi connectivity index (χ0) is 23.9. The highest BCUT2D eigenvalue weighted by atomic mass is 32.2. The van der Waals surface area contributed by atoms with E-state index in [1.165, 1.54) is 5.56 Å². The normalized spacial score (nSPS) is 15.4. The molecule has 1 unspecified atom stereocenters. The van der Waals surface area contributed by atoms with Crippen molar-refractivity contribution >= 4 is 35.0 Å². The molecule has 1 heterocycles. The Morgan fingerprint density at radius 3 is 2.50 bits per heavy atom. The largest absolute Gasteiger partial charge is 0.497 e. The summed E-state index contributed by atoms with van der Waals surface area (Å²) in [5, 5.41) is 2.91. The summed E-state index contributed by atoms with van der Waals surface area (Å²) < 4.78 is 5.27. The second kappa shape index (κ2) is 11.3. The number of rotatable bonds is 8. The molecule has 1 aliphatic heterocycles. The summed E-state index contributed by atoms with van der Waals surface area (Å²) in [6.45, 7) is 2.15. The quantitative estimate of drug-likeness (QED) is 0.419. The lowest BCUT2D eigenvalue weighted by atomic mass is 10.1. The van der Waals surface area contributed by atoms with Gasteiger partial charge in [-0.3, -0.25) is 9.59 Å². The molecule has 1 N–H and O–H groups in total. The van der Waals surface area contributed by atoms with Crippen LogP contribution in [0.15, 0.2) is 77.7 Å². The number of methoxy groups -OCH3 is 1. The lowest BCUT2D eigenvalue weighted by molar-refractivity contribution is -0.121. The SMILES string of the molecule is CCCCc1ccc(NC(=O)CN2C(=O)CC(c3ccc(OC)cc3)Sc3ccccc32)cc1. The van der Waals surface area contributed by atoms with Gasteiger partial charge in [0.15, 0.2) is 0 Å². The molecule has 176 valence electrons. The number of para-hydroxylation sites is 1. The number of ether oxygens (including phenoxy) is 1. The smallest absolute Gasteiger partial charge is 0.244 e. The Morgan fingerprint density at radius 1 is 1.06 bits per heavy atom. The van der Waals surface area contributed by atoms with E-state index in [4.69, 9.17) is 4.74 Å². The van der Waals surface area contributed by atoms with E-state index in [1.54, 1.807) is 23.8 Å². The van der Waals surface area contributed by atoms with E-state index in [-0.39, 0.29) is 23.6 Å². The van der Waals surface area contributed by atoms with Crippen molar-refractivity contribution < 1.29 is 14.3 Å². The number of hydrogen-bond acceptors (Lipinski definition) is 4. The number of benzene rings is 3. The minimum Gasteiger partial charge on any atom is -0.497 e. The lowest BCUT2D eigenvalue weighted by Crippen LogP contribution is -2.38. The number of thioether (sulfide) groups is 1. The van der Waals surface area contributed by atoms with Gasteiger partial charge in [-0.25, -0.2) is 0 Å². The number of fused-ring (bicyclic) bond motifs is 1. The van der Waals surface area contributed by atoms with Crippen molar-refractivity contribution in [3.05, 3.63) is 83.9 Å². The minimum atomic E-state index is -0.211. The summed E-state index contributed by atoms with van der Waals surface area (Å²) >= 11 is 1.66. The number of carbonyl (C=O) groups excluding carboxylic acids is 2. The van der Waals surface area contributed by atoms with Crippen LogP contribution in [0.25, 0.3) is 0 Å². The predicted octanol–water partition coefficient (Wildman–Crippen LogP) is 6.25. The maximum atomic E-state index is 13.3. The van der Waals surface area contributed by atoms with Gasteiger partial charge >= 0.3 is 0 Å². The highest BCUT2D eigenvalue weighted by Gasteiger charge is 2.30. The third kappa shape index (κ3) is 5.81. The molecule has 4 rings (SSSR count). The number of amides is 2. The maximum Gasteiger partial charge on any atom is 0.244 e. The van der Waals surface area contributed by atoms with Crippen LogP contribution in [0, 0.1) is 0 Å². The van der Waals surface area contributed by atoms with Gasteiger partial charge in [0, 0.05) is 22.3 Å². The molecule has 2 amide bonds. The fourth-order valence-electron chi connectivity index (χ4n) is 4.04. The Labute approximate surface area is 205 Å². The number of carbonyl (C=O) groups is 2. The molecule has 34 heavy (non-hydrogen) atoms. The summed E-state index contributed by atoms with van der Waals surface area (Å²) in [6.07, 6.45) is 3.65. The molecule has 0 bridgehead atoms. The van der Waals surface area contributed by atoms with E-state index in [1.807, 2.05) is 72.8 Å². The molecule has 1 aliphatic rings. The molecule has 5 nitrogen and oxygen atoms in total. The fourth-order valence-corrected chi connectivity index (χ4v) is 5.32. The number of hydrogen-bond donors (Lipinski definition) is 1. The van der Waals surface area contributed by atoms with Gasteiger partial charge in [-0.05, 0) is 60.4 Å². The Morgan fingerprint density at radius 2 is 1.79 bits per heavy atom. The Kier molecular flexibility index (Phi) is 7.91. The predicted molar refractivity (Wildman–Crippen MR) is 139 cm³/mol. The highest BCUT2D eigenvalue weighted by molar-refractivity contribution is 7.99. The average Bonchev–Trinajstić information content (AvgIpc) is 3.00. The second-order valence-electron chi connectivity index (χ2n) is 8.38. The molecule has 0 saturated carbocycles. The summed E-state index contributed by atoms with van der Waals surface area (Å²) in [5.41, 5.74) is 3.84. The van der Waals surface area contributed by atoms with E-state index in [9.17, 15) is 9.59 Å². The van der Waals surface area contributed by atoms with Gasteiger partial charge in [0.25, 0.3) is 0 Å².